The molecular formula is C21H22O2S. The van der Waals surface area contributed by atoms with Crippen molar-refractivity contribution in [3.63, 3.8) is 0 Å². The summed E-state index contributed by atoms with van der Waals surface area (Å²) in [6.45, 7) is 7.62. The maximum absolute atomic E-state index is 13.2. The number of rotatable bonds is 6. The fourth-order valence-corrected chi connectivity index (χ4v) is 3.97. The first-order valence-electron chi connectivity index (χ1n) is 7.91. The Morgan fingerprint density at radius 3 is 2.21 bits per heavy atom. The molecule has 2 aromatic carbocycles. The Labute approximate surface area is 144 Å². The molecule has 124 valence electrons. The molecule has 0 aliphatic rings. The molecular weight excluding hydrogens is 316 g/mol. The minimum absolute atomic E-state index is 0.273. The molecule has 0 heterocycles. The Hall–Kier alpha value is -2.39. The van der Waals surface area contributed by atoms with Gasteiger partial charge >= 0.3 is 0 Å². The molecule has 0 aliphatic heterocycles. The fraction of sp³-hybridized carbons (Fsp3) is 0.143. The summed E-state index contributed by atoms with van der Waals surface area (Å²) in [5, 5.41) is 0. The molecule has 2 rings (SSSR count). The SMILES string of the molecule is C=C/C=C(/C(=C/CC)c1ccccc1)S(=O)(=O)c1ccc(C)cc1. The largest absolute Gasteiger partial charge is 0.218 e. The molecule has 0 aromatic heterocycles. The van der Waals surface area contributed by atoms with Gasteiger partial charge in [-0.1, -0.05) is 73.7 Å². The van der Waals surface area contributed by atoms with Crippen molar-refractivity contribution in [3.8, 4) is 0 Å². The van der Waals surface area contributed by atoms with Crippen LogP contribution in [0.2, 0.25) is 0 Å². The Kier molecular flexibility index (Phi) is 5.93. The zero-order chi connectivity index (χ0) is 17.6. The van der Waals surface area contributed by atoms with Gasteiger partial charge in [0.2, 0.25) is 9.84 Å². The van der Waals surface area contributed by atoms with Gasteiger partial charge in [-0.15, -0.1) is 0 Å². The Morgan fingerprint density at radius 1 is 1.04 bits per heavy atom. The molecule has 0 N–H and O–H groups in total. The van der Waals surface area contributed by atoms with Gasteiger partial charge < -0.3 is 0 Å². The van der Waals surface area contributed by atoms with Gasteiger partial charge in [0.15, 0.2) is 0 Å². The summed E-state index contributed by atoms with van der Waals surface area (Å²) < 4.78 is 26.3. The van der Waals surface area contributed by atoms with E-state index in [4.69, 9.17) is 0 Å². The first-order valence-corrected chi connectivity index (χ1v) is 9.39. The molecule has 0 amide bonds. The topological polar surface area (TPSA) is 34.1 Å². The summed E-state index contributed by atoms with van der Waals surface area (Å²) in [4.78, 5) is 0.563. The Bertz CT molecular complexity index is 856. The molecule has 24 heavy (non-hydrogen) atoms. The molecule has 0 saturated carbocycles. The average molecular weight is 338 g/mol. The van der Waals surface area contributed by atoms with E-state index in [2.05, 4.69) is 6.58 Å². The number of hydrogen-bond donors (Lipinski definition) is 0. The molecule has 3 heteroatoms. The van der Waals surface area contributed by atoms with Crippen LogP contribution in [0.4, 0.5) is 0 Å². The predicted octanol–water partition coefficient (Wildman–Crippen LogP) is 5.33. The zero-order valence-corrected chi connectivity index (χ0v) is 14.9. The first-order chi connectivity index (χ1) is 11.5. The van der Waals surface area contributed by atoms with E-state index in [-0.39, 0.29) is 4.91 Å². The van der Waals surface area contributed by atoms with Crippen LogP contribution in [0, 0.1) is 6.92 Å². The molecule has 2 aromatic rings. The van der Waals surface area contributed by atoms with Gasteiger partial charge in [0, 0.05) is 0 Å². The van der Waals surface area contributed by atoms with E-state index in [0.717, 1.165) is 17.5 Å². The summed E-state index contributed by atoms with van der Waals surface area (Å²) in [6, 6.07) is 16.5. The quantitative estimate of drug-likeness (QED) is 0.667. The molecule has 0 atom stereocenters. The Morgan fingerprint density at radius 2 is 1.67 bits per heavy atom. The minimum atomic E-state index is -3.63. The van der Waals surface area contributed by atoms with Crippen LogP contribution in [0.15, 0.2) is 89.2 Å². The first kappa shape index (κ1) is 18.0. The third kappa shape index (κ3) is 3.92. The third-order valence-corrected chi connectivity index (χ3v) is 5.48. The van der Waals surface area contributed by atoms with Crippen LogP contribution in [0.5, 0.6) is 0 Å². The summed E-state index contributed by atoms with van der Waals surface area (Å²) >= 11 is 0. The third-order valence-electron chi connectivity index (χ3n) is 3.65. The van der Waals surface area contributed by atoms with Crippen molar-refractivity contribution in [2.75, 3.05) is 0 Å². The van der Waals surface area contributed by atoms with Gasteiger partial charge in [0.1, 0.15) is 0 Å². The second kappa shape index (κ2) is 7.93. The summed E-state index contributed by atoms with van der Waals surface area (Å²) in [7, 11) is -3.63. The van der Waals surface area contributed by atoms with Crippen molar-refractivity contribution in [1.82, 2.24) is 0 Å². The van der Waals surface area contributed by atoms with Crippen molar-refractivity contribution in [1.29, 1.82) is 0 Å². The highest BCUT2D eigenvalue weighted by atomic mass is 32.2. The molecule has 0 unspecified atom stereocenters. The van der Waals surface area contributed by atoms with Gasteiger partial charge in [0.25, 0.3) is 0 Å². The molecule has 0 spiro atoms. The molecule has 0 saturated heterocycles. The molecule has 0 fully saturated rings. The van der Waals surface area contributed by atoms with Gasteiger partial charge in [0.05, 0.1) is 9.80 Å². The maximum atomic E-state index is 13.2. The summed E-state index contributed by atoms with van der Waals surface area (Å²) in [6.07, 6.45) is 5.77. The Balaban J connectivity index is 2.63. The van der Waals surface area contributed by atoms with Crippen LogP contribution in [0.1, 0.15) is 24.5 Å². The van der Waals surface area contributed by atoms with Crippen LogP contribution < -0.4 is 0 Å². The number of sulfone groups is 1. The maximum Gasteiger partial charge on any atom is 0.207 e. The molecule has 0 bridgehead atoms. The molecule has 0 aliphatic carbocycles. The van der Waals surface area contributed by atoms with E-state index in [9.17, 15) is 8.42 Å². The van der Waals surface area contributed by atoms with Crippen LogP contribution >= 0.6 is 0 Å². The smallest absolute Gasteiger partial charge is 0.207 e. The number of hydrogen-bond acceptors (Lipinski definition) is 2. The lowest BCUT2D eigenvalue weighted by atomic mass is 10.0. The van der Waals surface area contributed by atoms with E-state index in [0.29, 0.717) is 10.5 Å². The highest BCUT2D eigenvalue weighted by Crippen LogP contribution is 2.32. The highest BCUT2D eigenvalue weighted by molar-refractivity contribution is 7.95. The predicted molar refractivity (Wildman–Crippen MR) is 101 cm³/mol. The number of benzene rings is 2. The highest BCUT2D eigenvalue weighted by Gasteiger charge is 2.24. The van der Waals surface area contributed by atoms with Crippen molar-refractivity contribution < 1.29 is 8.42 Å². The van der Waals surface area contributed by atoms with E-state index in [1.165, 1.54) is 6.08 Å². The van der Waals surface area contributed by atoms with Crippen LogP contribution in [-0.4, -0.2) is 8.42 Å². The summed E-state index contributed by atoms with van der Waals surface area (Å²) in [5.74, 6) is 0. The van der Waals surface area contributed by atoms with E-state index >= 15 is 0 Å². The van der Waals surface area contributed by atoms with Gasteiger partial charge in [-0.05, 0) is 42.7 Å². The monoisotopic (exact) mass is 338 g/mol. The van der Waals surface area contributed by atoms with Gasteiger partial charge in [-0.2, -0.15) is 0 Å². The standard InChI is InChI=1S/C21H22O2S/c1-4-9-20(18-11-7-6-8-12-18)21(10-5-2)24(22,23)19-15-13-17(3)14-16-19/h5-16H,2,4H2,1,3H3/b20-9+,21-10-. The summed E-state index contributed by atoms with van der Waals surface area (Å²) in [5.41, 5.74) is 2.61. The van der Waals surface area contributed by atoms with E-state index < -0.39 is 9.84 Å². The van der Waals surface area contributed by atoms with Crippen molar-refractivity contribution >= 4 is 15.4 Å². The van der Waals surface area contributed by atoms with Crippen LogP contribution in [-0.2, 0) is 9.84 Å². The number of allylic oxidation sites excluding steroid dienone is 4. The average Bonchev–Trinajstić information content (AvgIpc) is 2.59. The lowest BCUT2D eigenvalue weighted by Crippen LogP contribution is -2.07. The lowest BCUT2D eigenvalue weighted by molar-refractivity contribution is 0.603. The second-order valence-electron chi connectivity index (χ2n) is 5.48. The molecule has 2 nitrogen and oxygen atoms in total. The van der Waals surface area contributed by atoms with E-state index in [1.54, 1.807) is 18.2 Å². The van der Waals surface area contributed by atoms with Crippen LogP contribution in [0.3, 0.4) is 0 Å². The minimum Gasteiger partial charge on any atom is -0.218 e. The number of aryl methyl sites for hydroxylation is 1. The zero-order valence-electron chi connectivity index (χ0n) is 14.1. The fourth-order valence-electron chi connectivity index (χ4n) is 2.46. The lowest BCUT2D eigenvalue weighted by Gasteiger charge is -2.14. The van der Waals surface area contributed by atoms with Crippen molar-refractivity contribution in [2.24, 2.45) is 0 Å². The van der Waals surface area contributed by atoms with Gasteiger partial charge in [-0.3, -0.25) is 0 Å². The van der Waals surface area contributed by atoms with E-state index in [1.807, 2.05) is 62.4 Å². The van der Waals surface area contributed by atoms with Crippen molar-refractivity contribution in [2.45, 2.75) is 25.2 Å². The second-order valence-corrected chi connectivity index (χ2v) is 7.39. The normalized spacial score (nSPS) is 12.9. The molecule has 0 radical (unpaired) electrons. The van der Waals surface area contributed by atoms with Gasteiger partial charge in [-0.25, -0.2) is 8.42 Å². The van der Waals surface area contributed by atoms with Crippen LogP contribution in [0.25, 0.3) is 5.57 Å². The van der Waals surface area contributed by atoms with Crippen molar-refractivity contribution in [3.05, 3.63) is 95.4 Å².